The van der Waals surface area contributed by atoms with Gasteiger partial charge in [0.1, 0.15) is 35.7 Å². The molecule has 2 atom stereocenters. The second-order valence-electron chi connectivity index (χ2n) is 9.43. The number of carbonyl (C=O) groups excluding carboxylic acids is 4. The van der Waals surface area contributed by atoms with Gasteiger partial charge in [-0.1, -0.05) is 12.1 Å². The molecule has 1 fully saturated rings. The standard InChI is InChI=1S/C24H20BF5N4O9/c26-13-7-11(35)8-14(27)16(13)17(32-23(41)34-5-4-33(9-24(28,29)30)20(37)21(34)38)19(36)31-15-6-10-2-1-3-12(22(39)40)18(10)43-25(15)42/h1-3,7-8,15,17,35,42H,4-6,9H2,(H,31,36)(H,32,41)(H,39,40)/t15-,17?/m0/s1. The zero-order chi connectivity index (χ0) is 31.8. The van der Waals surface area contributed by atoms with Gasteiger partial charge < -0.3 is 35.4 Å². The van der Waals surface area contributed by atoms with Gasteiger partial charge in [0.05, 0.1) is 17.1 Å². The number of aromatic carboxylic acids is 1. The molecule has 0 spiro atoms. The number of carbonyl (C=O) groups is 5. The molecule has 0 saturated carbocycles. The van der Waals surface area contributed by atoms with Crippen LogP contribution in [0.25, 0.3) is 0 Å². The number of halogens is 5. The smallest absolute Gasteiger partial charge is 0.534 e. The van der Waals surface area contributed by atoms with E-state index in [1.807, 2.05) is 5.32 Å². The maximum absolute atomic E-state index is 14.8. The van der Waals surface area contributed by atoms with Gasteiger partial charge in [-0.15, -0.1) is 0 Å². The highest BCUT2D eigenvalue weighted by molar-refractivity contribution is 6.47. The van der Waals surface area contributed by atoms with Gasteiger partial charge in [0.2, 0.25) is 5.91 Å². The minimum absolute atomic E-state index is 0.147. The van der Waals surface area contributed by atoms with E-state index >= 15 is 0 Å². The summed E-state index contributed by atoms with van der Waals surface area (Å²) in [6.07, 6.45) is -5.10. The summed E-state index contributed by atoms with van der Waals surface area (Å²) in [6, 6.07) is 0.877. The van der Waals surface area contributed by atoms with Crippen molar-refractivity contribution in [1.82, 2.24) is 20.4 Å². The van der Waals surface area contributed by atoms with Crippen LogP contribution in [0.1, 0.15) is 27.5 Å². The summed E-state index contributed by atoms with van der Waals surface area (Å²) in [5, 5.41) is 33.4. The Bertz CT molecular complexity index is 1490. The van der Waals surface area contributed by atoms with Crippen molar-refractivity contribution in [2.75, 3.05) is 19.6 Å². The zero-order valence-corrected chi connectivity index (χ0v) is 21.5. The third-order valence-electron chi connectivity index (χ3n) is 6.48. The minimum atomic E-state index is -4.85. The molecular formula is C24H20BF5N4O9. The lowest BCUT2D eigenvalue weighted by Crippen LogP contribution is -2.61. The number of fused-ring (bicyclic) bond motifs is 1. The Labute approximate surface area is 237 Å². The predicted molar refractivity (Wildman–Crippen MR) is 131 cm³/mol. The number of para-hydroxylation sites is 1. The van der Waals surface area contributed by atoms with E-state index in [0.29, 0.717) is 12.1 Å². The third kappa shape index (κ3) is 6.61. The highest BCUT2D eigenvalue weighted by atomic mass is 19.4. The predicted octanol–water partition coefficient (Wildman–Crippen LogP) is 0.492. The van der Waals surface area contributed by atoms with E-state index in [0.717, 1.165) is 0 Å². The van der Waals surface area contributed by atoms with E-state index < -0.39 is 97.6 Å². The van der Waals surface area contributed by atoms with Gasteiger partial charge in [0.15, 0.2) is 0 Å². The Balaban J connectivity index is 1.59. The molecule has 5 N–H and O–H groups in total. The van der Waals surface area contributed by atoms with Crippen LogP contribution in [0.3, 0.4) is 0 Å². The molecule has 4 rings (SSSR count). The summed E-state index contributed by atoms with van der Waals surface area (Å²) >= 11 is 0. The maximum atomic E-state index is 14.8. The van der Waals surface area contributed by atoms with Crippen molar-refractivity contribution in [2.45, 2.75) is 24.6 Å². The van der Waals surface area contributed by atoms with E-state index in [2.05, 4.69) is 5.32 Å². The molecule has 0 radical (unpaired) electrons. The number of nitrogens with one attached hydrogen (secondary N) is 2. The zero-order valence-electron chi connectivity index (χ0n) is 21.5. The summed E-state index contributed by atoms with van der Waals surface area (Å²) < 4.78 is 73.1. The largest absolute Gasteiger partial charge is 0.547 e. The van der Waals surface area contributed by atoms with Crippen molar-refractivity contribution >= 4 is 36.8 Å². The number of piperazine rings is 1. The fourth-order valence-corrected chi connectivity index (χ4v) is 4.53. The molecule has 19 heteroatoms. The third-order valence-corrected chi connectivity index (χ3v) is 6.48. The van der Waals surface area contributed by atoms with Gasteiger partial charge in [0, 0.05) is 25.2 Å². The number of hydrogen-bond donors (Lipinski definition) is 5. The fraction of sp³-hybridized carbons (Fsp3) is 0.292. The molecule has 1 unspecified atom stereocenters. The Kier molecular flexibility index (Phi) is 8.47. The van der Waals surface area contributed by atoms with E-state index in [1.165, 1.54) is 18.2 Å². The topological polar surface area (TPSA) is 186 Å². The molecule has 43 heavy (non-hydrogen) atoms. The van der Waals surface area contributed by atoms with Crippen LogP contribution in [0, 0.1) is 11.6 Å². The van der Waals surface area contributed by atoms with Crippen molar-refractivity contribution in [2.24, 2.45) is 0 Å². The van der Waals surface area contributed by atoms with E-state index in [4.69, 9.17) is 4.65 Å². The highest BCUT2D eigenvalue weighted by Gasteiger charge is 2.44. The Hall–Kier alpha value is -4.94. The molecule has 5 amide bonds. The van der Waals surface area contributed by atoms with E-state index in [1.54, 1.807) is 0 Å². The summed E-state index contributed by atoms with van der Waals surface area (Å²) in [5.74, 6) is -11.7. The molecule has 228 valence electrons. The number of phenols is 1. The van der Waals surface area contributed by atoms with Gasteiger partial charge in [-0.3, -0.25) is 19.3 Å². The normalized spacial score (nSPS) is 17.6. The van der Waals surface area contributed by atoms with Crippen LogP contribution >= 0.6 is 0 Å². The summed E-state index contributed by atoms with van der Waals surface area (Å²) in [4.78, 5) is 62.6. The van der Waals surface area contributed by atoms with Crippen molar-refractivity contribution in [3.8, 4) is 11.5 Å². The van der Waals surface area contributed by atoms with Crippen LogP contribution in [0.15, 0.2) is 30.3 Å². The molecule has 13 nitrogen and oxygen atoms in total. The highest BCUT2D eigenvalue weighted by Crippen LogP contribution is 2.31. The molecule has 2 aromatic rings. The van der Waals surface area contributed by atoms with Gasteiger partial charge >= 0.3 is 37.1 Å². The first-order chi connectivity index (χ1) is 20.1. The quantitative estimate of drug-likeness (QED) is 0.176. The molecule has 0 aliphatic carbocycles. The van der Waals surface area contributed by atoms with Crippen LogP contribution in [-0.2, 0) is 20.8 Å². The number of urea groups is 1. The van der Waals surface area contributed by atoms with Crippen LogP contribution in [0.4, 0.5) is 26.7 Å². The Morgan fingerprint density at radius 3 is 2.35 bits per heavy atom. The Morgan fingerprint density at radius 2 is 1.74 bits per heavy atom. The van der Waals surface area contributed by atoms with Crippen LogP contribution < -0.4 is 15.3 Å². The number of aromatic hydroxyl groups is 1. The number of imide groups is 1. The van der Waals surface area contributed by atoms with Crippen molar-refractivity contribution < 1.29 is 65.8 Å². The average Bonchev–Trinajstić information content (AvgIpc) is 2.89. The molecular weight excluding hydrogens is 594 g/mol. The lowest BCUT2D eigenvalue weighted by atomic mass is 9.72. The van der Waals surface area contributed by atoms with Gasteiger partial charge in [-0.2, -0.15) is 13.2 Å². The summed E-state index contributed by atoms with van der Waals surface area (Å²) in [6.45, 7) is -3.27. The molecule has 0 aromatic heterocycles. The number of nitrogens with zero attached hydrogens (tertiary/aromatic N) is 2. The molecule has 2 heterocycles. The first-order valence-electron chi connectivity index (χ1n) is 12.2. The van der Waals surface area contributed by atoms with Crippen molar-refractivity contribution in [3.63, 3.8) is 0 Å². The number of carboxylic acid groups (broad SMARTS) is 1. The van der Waals surface area contributed by atoms with Gasteiger partial charge in [-0.05, 0) is 18.1 Å². The van der Waals surface area contributed by atoms with E-state index in [9.17, 15) is 61.2 Å². The second kappa shape index (κ2) is 11.7. The fourth-order valence-electron chi connectivity index (χ4n) is 4.53. The Morgan fingerprint density at radius 1 is 1.09 bits per heavy atom. The molecule has 2 aliphatic heterocycles. The number of amides is 5. The molecule has 0 bridgehead atoms. The summed E-state index contributed by atoms with van der Waals surface area (Å²) in [5.41, 5.74) is -1.22. The molecule has 1 saturated heterocycles. The van der Waals surface area contributed by atoms with Crippen molar-refractivity contribution in [3.05, 3.63) is 58.7 Å². The van der Waals surface area contributed by atoms with Gasteiger partial charge in [0.25, 0.3) is 0 Å². The molecule has 2 aliphatic rings. The van der Waals surface area contributed by atoms with Crippen molar-refractivity contribution in [1.29, 1.82) is 0 Å². The number of alkyl halides is 3. The SMILES string of the molecule is O=C(O)c1cccc2c1OB(O)[C@@H](NC(=O)C(NC(=O)N1CCN(CC(F)(F)F)C(=O)C1=O)c1c(F)cc(O)cc1F)C2. The number of hydrogen-bond acceptors (Lipinski definition) is 8. The number of rotatable bonds is 6. The average molecular weight is 614 g/mol. The maximum Gasteiger partial charge on any atom is 0.547 e. The molecule has 2 aromatic carbocycles. The van der Waals surface area contributed by atoms with Crippen LogP contribution in [0.2, 0.25) is 0 Å². The van der Waals surface area contributed by atoms with Crippen LogP contribution in [-0.4, -0.2) is 93.6 Å². The lowest BCUT2D eigenvalue weighted by Gasteiger charge is -2.34. The number of benzene rings is 2. The minimum Gasteiger partial charge on any atom is -0.534 e. The first kappa shape index (κ1) is 31.0. The number of phenolic OH excluding ortho intramolecular Hbond substituents is 1. The van der Waals surface area contributed by atoms with E-state index in [-0.39, 0.29) is 33.1 Å². The van der Waals surface area contributed by atoms with Crippen LogP contribution in [0.5, 0.6) is 11.5 Å². The number of carboxylic acids is 1. The van der Waals surface area contributed by atoms with Gasteiger partial charge in [-0.25, -0.2) is 18.4 Å². The lowest BCUT2D eigenvalue weighted by molar-refractivity contribution is -0.170. The summed E-state index contributed by atoms with van der Waals surface area (Å²) in [7, 11) is -1.89. The second-order valence-corrected chi connectivity index (χ2v) is 9.43. The first-order valence-corrected chi connectivity index (χ1v) is 12.2. The monoisotopic (exact) mass is 614 g/mol.